The van der Waals surface area contributed by atoms with Crippen LogP contribution in [0.15, 0.2) is 6.20 Å². The summed E-state index contributed by atoms with van der Waals surface area (Å²) in [7, 11) is 0. The number of hydrogen-bond donors (Lipinski definition) is 1. The second-order valence-corrected chi connectivity index (χ2v) is 7.76. The summed E-state index contributed by atoms with van der Waals surface area (Å²) in [6.45, 7) is 11.1. The van der Waals surface area contributed by atoms with E-state index in [1.54, 1.807) is 11.3 Å². The van der Waals surface area contributed by atoms with E-state index in [1.165, 1.54) is 49.3 Å². The van der Waals surface area contributed by atoms with Crippen molar-refractivity contribution in [1.82, 2.24) is 19.6 Å². The number of hydrogen-bond acceptors (Lipinski definition) is 4. The fraction of sp³-hybridized carbons (Fsp3) is 0.706. The topological polar surface area (TPSA) is 32.6 Å². The van der Waals surface area contributed by atoms with Crippen molar-refractivity contribution in [3.8, 4) is 0 Å². The van der Waals surface area contributed by atoms with Crippen LogP contribution in [0.25, 0.3) is 4.96 Å². The molecule has 0 aromatic carbocycles. The van der Waals surface area contributed by atoms with Crippen LogP contribution in [-0.2, 0) is 6.54 Å². The minimum Gasteiger partial charge on any atom is -0.311 e. The molecule has 1 N–H and O–H groups in total. The summed E-state index contributed by atoms with van der Waals surface area (Å²) in [6, 6.07) is 0.777. The Hall–Kier alpha value is -0.910. The average Bonchev–Trinajstić information content (AvgIpc) is 2.97. The highest BCUT2D eigenvalue weighted by Gasteiger charge is 2.17. The molecule has 0 radical (unpaired) electrons. The van der Waals surface area contributed by atoms with Gasteiger partial charge in [0.15, 0.2) is 4.96 Å². The molecule has 0 amide bonds. The molecular formula is C17H28N4S. The second-order valence-electron chi connectivity index (χ2n) is 6.55. The lowest BCUT2D eigenvalue weighted by Crippen LogP contribution is -2.38. The van der Waals surface area contributed by atoms with E-state index in [0.717, 1.165) is 29.8 Å². The molecule has 122 valence electrons. The number of fused-ring (bicyclic) bond motifs is 1. The summed E-state index contributed by atoms with van der Waals surface area (Å²) in [5.41, 5.74) is 2.47. The average molecular weight is 321 g/mol. The molecule has 2 aromatic heterocycles. The first-order valence-corrected chi connectivity index (χ1v) is 9.35. The standard InChI is InChI=1S/C17H28N4S/c1-13-7-4-5-9-20(13)10-6-8-18-11-16-15(3)19-17-21(16)12-14(2)22-17/h12-13,18H,4-11H2,1-3H3. The third kappa shape index (κ3) is 3.53. The Morgan fingerprint density at radius 2 is 2.23 bits per heavy atom. The van der Waals surface area contributed by atoms with Gasteiger partial charge in [-0.15, -0.1) is 11.3 Å². The van der Waals surface area contributed by atoms with E-state index in [0.29, 0.717) is 0 Å². The zero-order valence-electron chi connectivity index (χ0n) is 14.1. The first-order chi connectivity index (χ1) is 10.6. The summed E-state index contributed by atoms with van der Waals surface area (Å²) >= 11 is 1.77. The summed E-state index contributed by atoms with van der Waals surface area (Å²) in [5, 5.41) is 3.60. The van der Waals surface area contributed by atoms with E-state index in [9.17, 15) is 0 Å². The Morgan fingerprint density at radius 3 is 3.05 bits per heavy atom. The van der Waals surface area contributed by atoms with Crippen molar-refractivity contribution in [3.05, 3.63) is 22.5 Å². The molecular weight excluding hydrogens is 292 g/mol. The third-order valence-electron chi connectivity index (χ3n) is 4.77. The number of likely N-dealkylation sites (tertiary alicyclic amines) is 1. The van der Waals surface area contributed by atoms with Gasteiger partial charge in [-0.3, -0.25) is 4.40 Å². The summed E-state index contributed by atoms with van der Waals surface area (Å²) in [4.78, 5) is 9.74. The molecule has 1 saturated heterocycles. The lowest BCUT2D eigenvalue weighted by Gasteiger charge is -2.33. The Labute approximate surface area is 137 Å². The van der Waals surface area contributed by atoms with Crippen molar-refractivity contribution >= 4 is 16.3 Å². The largest absolute Gasteiger partial charge is 0.311 e. The smallest absolute Gasteiger partial charge is 0.194 e. The Kier molecular flexibility index (Phi) is 5.16. The molecule has 1 fully saturated rings. The molecule has 0 aliphatic carbocycles. The summed E-state index contributed by atoms with van der Waals surface area (Å²) < 4.78 is 2.25. The number of rotatable bonds is 6. The highest BCUT2D eigenvalue weighted by atomic mass is 32.1. The maximum absolute atomic E-state index is 4.65. The van der Waals surface area contributed by atoms with E-state index in [4.69, 9.17) is 0 Å². The van der Waals surface area contributed by atoms with Crippen molar-refractivity contribution in [3.63, 3.8) is 0 Å². The Bertz CT molecular complexity index is 615. The minimum absolute atomic E-state index is 0.777. The normalized spacial score (nSPS) is 20.0. The number of nitrogens with zero attached hydrogens (tertiary/aromatic N) is 3. The van der Waals surface area contributed by atoms with Crippen LogP contribution in [-0.4, -0.2) is 40.0 Å². The van der Waals surface area contributed by atoms with E-state index < -0.39 is 0 Å². The molecule has 0 spiro atoms. The predicted octanol–water partition coefficient (Wildman–Crippen LogP) is 3.37. The SMILES string of the molecule is Cc1cn2c(CNCCCN3CCCCC3C)c(C)nc2s1. The van der Waals surface area contributed by atoms with E-state index in [2.05, 4.69) is 46.6 Å². The lowest BCUT2D eigenvalue weighted by atomic mass is 10.0. The van der Waals surface area contributed by atoms with Crippen LogP contribution in [0.5, 0.6) is 0 Å². The maximum Gasteiger partial charge on any atom is 0.194 e. The molecule has 4 nitrogen and oxygen atoms in total. The molecule has 1 aliphatic rings. The molecule has 1 aliphatic heterocycles. The molecule has 0 bridgehead atoms. The van der Waals surface area contributed by atoms with Gasteiger partial charge in [-0.25, -0.2) is 4.98 Å². The van der Waals surface area contributed by atoms with Gasteiger partial charge in [-0.1, -0.05) is 6.42 Å². The first kappa shape index (κ1) is 16.0. The number of nitrogens with one attached hydrogen (secondary N) is 1. The van der Waals surface area contributed by atoms with Gasteiger partial charge in [0.05, 0.1) is 11.4 Å². The summed E-state index contributed by atoms with van der Waals surface area (Å²) in [6.07, 6.45) is 7.59. The van der Waals surface area contributed by atoms with Gasteiger partial charge in [0.1, 0.15) is 0 Å². The number of piperidine rings is 1. The van der Waals surface area contributed by atoms with Crippen molar-refractivity contribution in [2.24, 2.45) is 0 Å². The van der Waals surface area contributed by atoms with E-state index in [1.807, 2.05) is 0 Å². The van der Waals surface area contributed by atoms with Crippen LogP contribution >= 0.6 is 11.3 Å². The number of thiazole rings is 1. The first-order valence-electron chi connectivity index (χ1n) is 8.54. The molecule has 5 heteroatoms. The van der Waals surface area contributed by atoms with Crippen molar-refractivity contribution in [2.45, 2.75) is 59.0 Å². The molecule has 1 unspecified atom stereocenters. The van der Waals surface area contributed by atoms with Crippen molar-refractivity contribution in [2.75, 3.05) is 19.6 Å². The molecule has 3 rings (SSSR count). The van der Waals surface area contributed by atoms with Crippen LogP contribution in [0, 0.1) is 13.8 Å². The Balaban J connectivity index is 1.45. The molecule has 1 atom stereocenters. The zero-order chi connectivity index (χ0) is 15.5. The summed E-state index contributed by atoms with van der Waals surface area (Å²) in [5.74, 6) is 0. The van der Waals surface area contributed by atoms with Crippen LogP contribution in [0.3, 0.4) is 0 Å². The van der Waals surface area contributed by atoms with Gasteiger partial charge in [-0.05, 0) is 59.7 Å². The van der Waals surface area contributed by atoms with Crippen LogP contribution in [0.2, 0.25) is 0 Å². The predicted molar refractivity (Wildman–Crippen MR) is 93.8 cm³/mol. The highest BCUT2D eigenvalue weighted by Crippen LogP contribution is 2.20. The fourth-order valence-electron chi connectivity index (χ4n) is 3.43. The maximum atomic E-state index is 4.65. The van der Waals surface area contributed by atoms with Gasteiger partial charge in [0, 0.05) is 23.7 Å². The van der Waals surface area contributed by atoms with Crippen LogP contribution in [0.1, 0.15) is 48.9 Å². The van der Waals surface area contributed by atoms with E-state index >= 15 is 0 Å². The quantitative estimate of drug-likeness (QED) is 0.828. The monoisotopic (exact) mass is 320 g/mol. The molecule has 0 saturated carbocycles. The molecule has 22 heavy (non-hydrogen) atoms. The third-order valence-corrected chi connectivity index (χ3v) is 5.67. The van der Waals surface area contributed by atoms with Crippen molar-refractivity contribution in [1.29, 1.82) is 0 Å². The second kappa shape index (κ2) is 7.11. The highest BCUT2D eigenvalue weighted by molar-refractivity contribution is 7.17. The number of aromatic nitrogens is 2. The van der Waals surface area contributed by atoms with Crippen LogP contribution < -0.4 is 5.32 Å². The fourth-order valence-corrected chi connectivity index (χ4v) is 4.32. The number of aryl methyl sites for hydroxylation is 2. The van der Waals surface area contributed by atoms with Crippen LogP contribution in [0.4, 0.5) is 0 Å². The van der Waals surface area contributed by atoms with Crippen molar-refractivity contribution < 1.29 is 0 Å². The van der Waals surface area contributed by atoms with Gasteiger partial charge in [0.25, 0.3) is 0 Å². The minimum atomic E-state index is 0.777. The Morgan fingerprint density at radius 1 is 1.36 bits per heavy atom. The van der Waals surface area contributed by atoms with Gasteiger partial charge in [0.2, 0.25) is 0 Å². The molecule has 3 heterocycles. The van der Waals surface area contributed by atoms with Gasteiger partial charge >= 0.3 is 0 Å². The van der Waals surface area contributed by atoms with Gasteiger partial charge in [-0.2, -0.15) is 0 Å². The zero-order valence-corrected chi connectivity index (χ0v) is 14.9. The molecule has 2 aromatic rings. The van der Waals surface area contributed by atoms with E-state index in [-0.39, 0.29) is 0 Å². The number of imidazole rings is 1. The van der Waals surface area contributed by atoms with Gasteiger partial charge < -0.3 is 10.2 Å². The lowest BCUT2D eigenvalue weighted by molar-refractivity contribution is 0.159.